The monoisotopic (exact) mass is 365 g/mol. The topological polar surface area (TPSA) is 20.3 Å². The number of hydrogen-bond acceptors (Lipinski definition) is 3. The summed E-state index contributed by atoms with van der Waals surface area (Å²) in [5.41, 5.74) is 3.18. The van der Waals surface area contributed by atoms with Crippen molar-refractivity contribution in [3.63, 3.8) is 0 Å². The van der Waals surface area contributed by atoms with Gasteiger partial charge in [0.2, 0.25) is 0 Å². The molecule has 0 spiro atoms. The van der Waals surface area contributed by atoms with Crippen molar-refractivity contribution in [1.82, 2.24) is 4.90 Å². The van der Waals surface area contributed by atoms with Gasteiger partial charge < -0.3 is 0 Å². The van der Waals surface area contributed by atoms with E-state index in [4.69, 9.17) is 0 Å². The summed E-state index contributed by atoms with van der Waals surface area (Å²) in [5.74, 6) is 0.177. The van der Waals surface area contributed by atoms with Gasteiger partial charge in [-0.1, -0.05) is 12.1 Å². The van der Waals surface area contributed by atoms with Crippen molar-refractivity contribution in [1.29, 1.82) is 0 Å². The summed E-state index contributed by atoms with van der Waals surface area (Å²) in [5, 5.41) is 2.07. The first-order chi connectivity index (χ1) is 9.88. The van der Waals surface area contributed by atoms with Crippen LogP contribution >= 0.6 is 27.3 Å². The van der Waals surface area contributed by atoms with Gasteiger partial charge in [0.25, 0.3) is 0 Å². The number of rotatable bonds is 5. The lowest BCUT2D eigenvalue weighted by atomic mass is 10.00. The maximum atomic E-state index is 12.6. The first-order valence-electron chi connectivity index (χ1n) is 6.93. The van der Waals surface area contributed by atoms with Crippen LogP contribution in [-0.4, -0.2) is 23.8 Å². The van der Waals surface area contributed by atoms with Crippen LogP contribution in [0.4, 0.5) is 0 Å². The number of thiophene rings is 1. The molecule has 4 heteroatoms. The van der Waals surface area contributed by atoms with Crippen molar-refractivity contribution < 1.29 is 4.79 Å². The van der Waals surface area contributed by atoms with Crippen LogP contribution in [0.5, 0.6) is 0 Å². The van der Waals surface area contributed by atoms with Gasteiger partial charge in [-0.15, -0.1) is 11.3 Å². The van der Waals surface area contributed by atoms with Crippen molar-refractivity contribution in [3.8, 4) is 0 Å². The molecule has 1 aromatic carbocycles. The minimum absolute atomic E-state index is 0.131. The summed E-state index contributed by atoms with van der Waals surface area (Å²) in [4.78, 5) is 15.9. The zero-order valence-corrected chi connectivity index (χ0v) is 15.2. The van der Waals surface area contributed by atoms with Gasteiger partial charge in [-0.05, 0) is 67.0 Å². The van der Waals surface area contributed by atoms with Gasteiger partial charge in [-0.25, -0.2) is 0 Å². The average Bonchev–Trinajstić information content (AvgIpc) is 2.85. The number of carbonyl (C=O) groups is 1. The van der Waals surface area contributed by atoms with Gasteiger partial charge in [0.15, 0.2) is 5.78 Å². The average molecular weight is 366 g/mol. The first kappa shape index (κ1) is 16.4. The van der Waals surface area contributed by atoms with Crippen molar-refractivity contribution in [2.75, 3.05) is 7.05 Å². The van der Waals surface area contributed by atoms with Gasteiger partial charge in [0.05, 0.1) is 6.04 Å². The third-order valence-corrected chi connectivity index (χ3v) is 5.54. The normalized spacial score (nSPS) is 12.7. The number of carbonyl (C=O) groups excluding carboxylic acids is 1. The van der Waals surface area contributed by atoms with Crippen LogP contribution in [0.25, 0.3) is 0 Å². The van der Waals surface area contributed by atoms with E-state index >= 15 is 0 Å². The van der Waals surface area contributed by atoms with E-state index in [1.807, 2.05) is 39.1 Å². The molecule has 0 amide bonds. The van der Waals surface area contributed by atoms with Gasteiger partial charge in [-0.2, -0.15) is 0 Å². The van der Waals surface area contributed by atoms with Crippen molar-refractivity contribution in [2.45, 2.75) is 33.4 Å². The summed E-state index contributed by atoms with van der Waals surface area (Å²) in [7, 11) is 2.00. The molecule has 1 heterocycles. The number of Topliss-reactive ketones (excluding diaryl/α,β-unsaturated/α-hetero) is 1. The minimum atomic E-state index is -0.131. The molecule has 0 aliphatic rings. The molecule has 0 saturated heterocycles. The van der Waals surface area contributed by atoms with Crippen LogP contribution < -0.4 is 0 Å². The lowest BCUT2D eigenvalue weighted by molar-refractivity contribution is 0.0863. The van der Waals surface area contributed by atoms with E-state index in [1.165, 1.54) is 10.4 Å². The summed E-state index contributed by atoms with van der Waals surface area (Å²) < 4.78 is 1.10. The highest BCUT2D eigenvalue weighted by atomic mass is 79.9. The lowest BCUT2D eigenvalue weighted by Crippen LogP contribution is -2.35. The fraction of sp³-hybridized carbons (Fsp3) is 0.353. The summed E-state index contributed by atoms with van der Waals surface area (Å²) in [6.07, 6.45) is 0. The fourth-order valence-electron chi connectivity index (χ4n) is 2.16. The highest BCUT2D eigenvalue weighted by Crippen LogP contribution is 2.22. The smallest absolute Gasteiger partial charge is 0.179 e. The molecule has 21 heavy (non-hydrogen) atoms. The molecule has 0 fully saturated rings. The Labute approximate surface area is 138 Å². The molecule has 2 nitrogen and oxygen atoms in total. The Kier molecular flexibility index (Phi) is 5.36. The Morgan fingerprint density at radius 2 is 2.00 bits per heavy atom. The molecule has 0 N–H and O–H groups in total. The molecular weight excluding hydrogens is 346 g/mol. The number of halogens is 1. The maximum Gasteiger partial charge on any atom is 0.179 e. The molecule has 1 unspecified atom stereocenters. The number of ketones is 1. The van der Waals surface area contributed by atoms with Gasteiger partial charge in [0, 0.05) is 26.8 Å². The second kappa shape index (κ2) is 6.86. The Morgan fingerprint density at radius 1 is 1.29 bits per heavy atom. The van der Waals surface area contributed by atoms with E-state index in [-0.39, 0.29) is 11.8 Å². The number of hydrogen-bond donors (Lipinski definition) is 0. The number of likely N-dealkylation sites (N-methyl/N-ethyl adjacent to an activating group) is 1. The summed E-state index contributed by atoms with van der Waals surface area (Å²) >= 11 is 5.17. The van der Waals surface area contributed by atoms with E-state index in [1.54, 1.807) is 11.3 Å². The molecule has 0 bridgehead atoms. The predicted molar refractivity (Wildman–Crippen MR) is 93.2 cm³/mol. The molecule has 0 saturated carbocycles. The van der Waals surface area contributed by atoms with Crippen LogP contribution in [-0.2, 0) is 6.54 Å². The van der Waals surface area contributed by atoms with Gasteiger partial charge >= 0.3 is 0 Å². The SMILES string of the molecule is Cc1ccc(C(=O)C(C)N(C)Cc2cc(Br)cs2)cc1C. The van der Waals surface area contributed by atoms with Crippen LogP contribution in [0.15, 0.2) is 34.1 Å². The van der Waals surface area contributed by atoms with E-state index in [0.29, 0.717) is 0 Å². The van der Waals surface area contributed by atoms with E-state index in [2.05, 4.69) is 39.2 Å². The molecular formula is C17H20BrNOS. The second-order valence-corrected chi connectivity index (χ2v) is 7.40. The zero-order chi connectivity index (χ0) is 15.6. The van der Waals surface area contributed by atoms with Crippen LogP contribution in [0, 0.1) is 13.8 Å². The highest BCUT2D eigenvalue weighted by Gasteiger charge is 2.20. The van der Waals surface area contributed by atoms with E-state index < -0.39 is 0 Å². The molecule has 0 radical (unpaired) electrons. The first-order valence-corrected chi connectivity index (χ1v) is 8.60. The van der Waals surface area contributed by atoms with E-state index in [9.17, 15) is 4.79 Å². The molecule has 0 aliphatic heterocycles. The molecule has 2 aromatic rings. The third kappa shape index (κ3) is 4.02. The number of benzene rings is 1. The second-order valence-electron chi connectivity index (χ2n) is 5.49. The van der Waals surface area contributed by atoms with Crippen LogP contribution in [0.3, 0.4) is 0 Å². The molecule has 0 aliphatic carbocycles. The largest absolute Gasteiger partial charge is 0.292 e. The van der Waals surface area contributed by atoms with Crippen LogP contribution in [0.1, 0.15) is 33.3 Å². The van der Waals surface area contributed by atoms with Crippen molar-refractivity contribution in [2.24, 2.45) is 0 Å². The van der Waals surface area contributed by atoms with Crippen molar-refractivity contribution >= 4 is 33.0 Å². The van der Waals surface area contributed by atoms with Gasteiger partial charge in [0.1, 0.15) is 0 Å². The maximum absolute atomic E-state index is 12.6. The minimum Gasteiger partial charge on any atom is -0.292 e. The molecule has 1 aromatic heterocycles. The zero-order valence-electron chi connectivity index (χ0n) is 12.8. The fourth-order valence-corrected chi connectivity index (χ4v) is 3.67. The highest BCUT2D eigenvalue weighted by molar-refractivity contribution is 9.10. The lowest BCUT2D eigenvalue weighted by Gasteiger charge is -2.23. The summed E-state index contributed by atoms with van der Waals surface area (Å²) in [6, 6.07) is 7.91. The van der Waals surface area contributed by atoms with Crippen molar-refractivity contribution in [3.05, 3.63) is 55.7 Å². The summed E-state index contributed by atoms with van der Waals surface area (Å²) in [6.45, 7) is 6.87. The predicted octanol–water partition coefficient (Wildman–Crippen LogP) is 4.83. The molecule has 112 valence electrons. The van der Waals surface area contributed by atoms with E-state index in [0.717, 1.165) is 22.1 Å². The quantitative estimate of drug-likeness (QED) is 0.707. The molecule has 2 rings (SSSR count). The Hall–Kier alpha value is -0.970. The Balaban J connectivity index is 2.08. The molecule has 1 atom stereocenters. The van der Waals surface area contributed by atoms with Gasteiger partial charge in [-0.3, -0.25) is 9.69 Å². The third-order valence-electron chi connectivity index (χ3n) is 3.86. The number of nitrogens with zero attached hydrogens (tertiary/aromatic N) is 1. The Bertz CT molecular complexity index is 650. The number of aryl methyl sites for hydroxylation is 2. The Morgan fingerprint density at radius 3 is 2.57 bits per heavy atom. The van der Waals surface area contributed by atoms with Crippen LogP contribution in [0.2, 0.25) is 0 Å². The standard InChI is InChI=1S/C17H20BrNOS/c1-11-5-6-14(7-12(11)2)17(20)13(3)19(4)9-16-8-15(18)10-21-16/h5-8,10,13H,9H2,1-4H3.